The number of anilines is 1. The van der Waals surface area contributed by atoms with Gasteiger partial charge in [0.15, 0.2) is 0 Å². The molecule has 0 fully saturated rings. The van der Waals surface area contributed by atoms with E-state index in [4.69, 9.17) is 9.52 Å². The van der Waals surface area contributed by atoms with Gasteiger partial charge in [-0.1, -0.05) is 0 Å². The molecule has 2 rings (SSSR count). The first-order valence-electron chi connectivity index (χ1n) is 5.95. The summed E-state index contributed by atoms with van der Waals surface area (Å²) in [7, 11) is 1.89. The molecule has 0 aliphatic rings. The lowest BCUT2D eigenvalue weighted by molar-refractivity contribution is 0.0695. The summed E-state index contributed by atoms with van der Waals surface area (Å²) in [5.74, 6) is 1.48. The van der Waals surface area contributed by atoms with Gasteiger partial charge in [-0.2, -0.15) is 0 Å². The Balaban J connectivity index is 2.17. The largest absolute Gasteiger partial charge is 0.478 e. The molecule has 0 unspecified atom stereocenters. The molecule has 0 amide bonds. The van der Waals surface area contributed by atoms with Crippen LogP contribution < -0.4 is 4.90 Å². The second-order valence-electron chi connectivity index (χ2n) is 4.48. The Morgan fingerprint density at radius 1 is 1.32 bits per heavy atom. The van der Waals surface area contributed by atoms with E-state index in [0.717, 1.165) is 17.3 Å². The highest BCUT2D eigenvalue weighted by molar-refractivity contribution is 5.89. The molecule has 1 N–H and O–H groups in total. The molecule has 5 heteroatoms. The number of aryl methyl sites for hydroxylation is 2. The molecule has 0 radical (unpaired) electrons. The monoisotopic (exact) mass is 260 g/mol. The maximum absolute atomic E-state index is 10.9. The van der Waals surface area contributed by atoms with Crippen molar-refractivity contribution in [2.45, 2.75) is 20.4 Å². The second-order valence-corrected chi connectivity index (χ2v) is 4.48. The van der Waals surface area contributed by atoms with E-state index in [1.165, 1.54) is 0 Å². The van der Waals surface area contributed by atoms with E-state index in [1.54, 1.807) is 19.1 Å². The number of hydrogen-bond acceptors (Lipinski definition) is 4. The van der Waals surface area contributed by atoms with Gasteiger partial charge in [-0.15, -0.1) is 0 Å². The van der Waals surface area contributed by atoms with Crippen molar-refractivity contribution >= 4 is 11.8 Å². The molecule has 0 atom stereocenters. The maximum Gasteiger partial charge on any atom is 0.337 e. The van der Waals surface area contributed by atoms with Crippen LogP contribution in [-0.4, -0.2) is 23.1 Å². The fraction of sp³-hybridized carbons (Fsp3) is 0.286. The van der Waals surface area contributed by atoms with Gasteiger partial charge >= 0.3 is 5.97 Å². The fourth-order valence-corrected chi connectivity index (χ4v) is 1.87. The minimum absolute atomic E-state index is 0.228. The van der Waals surface area contributed by atoms with Crippen molar-refractivity contribution in [3.05, 3.63) is 47.0 Å². The Hall–Kier alpha value is -2.30. The topological polar surface area (TPSA) is 66.6 Å². The second kappa shape index (κ2) is 5.14. The van der Waals surface area contributed by atoms with E-state index in [-0.39, 0.29) is 5.56 Å². The first-order valence-corrected chi connectivity index (χ1v) is 5.95. The van der Waals surface area contributed by atoms with Gasteiger partial charge in [0, 0.05) is 7.05 Å². The summed E-state index contributed by atoms with van der Waals surface area (Å²) in [6, 6.07) is 7.11. The summed E-state index contributed by atoms with van der Waals surface area (Å²) in [4.78, 5) is 17.1. The first-order chi connectivity index (χ1) is 8.97. The van der Waals surface area contributed by atoms with Gasteiger partial charge in [-0.05, 0) is 38.1 Å². The number of aromatic nitrogens is 1. The van der Waals surface area contributed by atoms with Crippen LogP contribution in [0.4, 0.5) is 5.82 Å². The molecule has 2 aromatic heterocycles. The highest BCUT2D eigenvalue weighted by Crippen LogP contribution is 2.17. The molecule has 0 aliphatic heterocycles. The van der Waals surface area contributed by atoms with E-state index < -0.39 is 5.97 Å². The van der Waals surface area contributed by atoms with E-state index in [2.05, 4.69) is 4.98 Å². The minimum Gasteiger partial charge on any atom is -0.478 e. The van der Waals surface area contributed by atoms with Gasteiger partial charge in [-0.3, -0.25) is 0 Å². The predicted molar refractivity (Wildman–Crippen MR) is 71.5 cm³/mol. The van der Waals surface area contributed by atoms with Crippen molar-refractivity contribution in [2.75, 3.05) is 11.9 Å². The lowest BCUT2D eigenvalue weighted by Gasteiger charge is -2.17. The molecule has 0 aliphatic carbocycles. The van der Waals surface area contributed by atoms with Crippen LogP contribution in [0, 0.1) is 13.8 Å². The van der Waals surface area contributed by atoms with Crippen molar-refractivity contribution in [3.63, 3.8) is 0 Å². The first kappa shape index (κ1) is 13.1. The zero-order chi connectivity index (χ0) is 14.0. The van der Waals surface area contributed by atoms with Gasteiger partial charge in [0.2, 0.25) is 0 Å². The number of rotatable bonds is 4. The van der Waals surface area contributed by atoms with Gasteiger partial charge in [0.1, 0.15) is 17.3 Å². The normalized spacial score (nSPS) is 10.5. The average molecular weight is 260 g/mol. The summed E-state index contributed by atoms with van der Waals surface area (Å²) in [6.45, 7) is 4.18. The summed E-state index contributed by atoms with van der Waals surface area (Å²) in [5.41, 5.74) is 0.735. The van der Waals surface area contributed by atoms with Crippen LogP contribution in [0.1, 0.15) is 27.6 Å². The summed E-state index contributed by atoms with van der Waals surface area (Å²) in [5, 5.41) is 8.96. The lowest BCUT2D eigenvalue weighted by atomic mass is 10.2. The quantitative estimate of drug-likeness (QED) is 0.915. The number of carboxylic acids is 1. The standard InChI is InChI=1S/C14H16N2O3/c1-9-4-5-11(19-9)8-16(3)13-7-6-12(14(17)18)10(2)15-13/h4-7H,8H2,1-3H3,(H,17,18). The van der Waals surface area contributed by atoms with Gasteiger partial charge in [0.25, 0.3) is 0 Å². The highest BCUT2D eigenvalue weighted by atomic mass is 16.4. The number of carbonyl (C=O) groups is 1. The molecule has 19 heavy (non-hydrogen) atoms. The van der Waals surface area contributed by atoms with Crippen LogP contribution in [-0.2, 0) is 6.54 Å². The number of nitrogens with zero attached hydrogens (tertiary/aromatic N) is 2. The van der Waals surface area contributed by atoms with Gasteiger partial charge < -0.3 is 14.4 Å². The summed E-state index contributed by atoms with van der Waals surface area (Å²) < 4.78 is 5.50. The average Bonchev–Trinajstić information content (AvgIpc) is 2.74. The van der Waals surface area contributed by atoms with Crippen molar-refractivity contribution < 1.29 is 14.3 Å². The van der Waals surface area contributed by atoms with Crippen molar-refractivity contribution in [1.82, 2.24) is 4.98 Å². The third-order valence-electron chi connectivity index (χ3n) is 2.88. The number of hydrogen-bond donors (Lipinski definition) is 1. The minimum atomic E-state index is -0.958. The molecule has 2 aromatic rings. The van der Waals surface area contributed by atoms with Crippen LogP contribution in [0.3, 0.4) is 0 Å². The molecular formula is C14H16N2O3. The fourth-order valence-electron chi connectivity index (χ4n) is 1.87. The lowest BCUT2D eigenvalue weighted by Crippen LogP contribution is -2.18. The zero-order valence-corrected chi connectivity index (χ0v) is 11.2. The van der Waals surface area contributed by atoms with Crippen molar-refractivity contribution in [2.24, 2.45) is 0 Å². The summed E-state index contributed by atoms with van der Waals surface area (Å²) >= 11 is 0. The van der Waals surface area contributed by atoms with E-state index in [9.17, 15) is 4.79 Å². The Kier molecular flexibility index (Phi) is 3.55. The molecule has 0 spiro atoms. The van der Waals surface area contributed by atoms with Crippen molar-refractivity contribution in [3.8, 4) is 0 Å². The molecule has 0 bridgehead atoms. The van der Waals surface area contributed by atoms with Crippen LogP contribution in [0.15, 0.2) is 28.7 Å². The number of pyridine rings is 1. The van der Waals surface area contributed by atoms with Crippen LogP contribution in [0.2, 0.25) is 0 Å². The molecular weight excluding hydrogens is 244 g/mol. The zero-order valence-electron chi connectivity index (χ0n) is 11.2. The van der Waals surface area contributed by atoms with Crippen LogP contribution in [0.25, 0.3) is 0 Å². The van der Waals surface area contributed by atoms with E-state index >= 15 is 0 Å². The van der Waals surface area contributed by atoms with Crippen LogP contribution in [0.5, 0.6) is 0 Å². The predicted octanol–water partition coefficient (Wildman–Crippen LogP) is 2.63. The number of carboxylic acid groups (broad SMARTS) is 1. The molecule has 2 heterocycles. The summed E-state index contributed by atoms with van der Waals surface area (Å²) in [6.07, 6.45) is 0. The van der Waals surface area contributed by atoms with Gasteiger partial charge in [-0.25, -0.2) is 9.78 Å². The molecule has 5 nitrogen and oxygen atoms in total. The Labute approximate surface area is 111 Å². The maximum atomic E-state index is 10.9. The van der Waals surface area contributed by atoms with E-state index in [0.29, 0.717) is 12.2 Å². The number of furan rings is 1. The molecule has 0 saturated heterocycles. The Morgan fingerprint density at radius 3 is 2.58 bits per heavy atom. The molecule has 0 aromatic carbocycles. The highest BCUT2D eigenvalue weighted by Gasteiger charge is 2.11. The van der Waals surface area contributed by atoms with Crippen LogP contribution >= 0.6 is 0 Å². The van der Waals surface area contributed by atoms with Crippen molar-refractivity contribution in [1.29, 1.82) is 0 Å². The third-order valence-corrected chi connectivity index (χ3v) is 2.88. The smallest absolute Gasteiger partial charge is 0.337 e. The Bertz CT molecular complexity index is 604. The van der Waals surface area contributed by atoms with Gasteiger partial charge in [0.05, 0.1) is 17.8 Å². The molecule has 0 saturated carbocycles. The SMILES string of the molecule is Cc1ccc(CN(C)c2ccc(C(=O)O)c(C)n2)o1. The Morgan fingerprint density at radius 2 is 2.05 bits per heavy atom. The van der Waals surface area contributed by atoms with E-state index in [1.807, 2.05) is 31.0 Å². The third kappa shape index (κ3) is 2.93. The number of aromatic carboxylic acids is 1. The molecule has 100 valence electrons.